The van der Waals surface area contributed by atoms with E-state index in [0.717, 1.165) is 39.8 Å². The fraction of sp³-hybridized carbons (Fsp3) is 0.0492. The monoisotopic (exact) mass is 870 g/mol. The number of fused-ring (bicyclic) bond motifs is 4. The molecule has 0 aromatic heterocycles. The van der Waals surface area contributed by atoms with Crippen molar-refractivity contribution in [1.82, 2.24) is 0 Å². The first-order chi connectivity index (χ1) is 31.2. The maximum absolute atomic E-state index is 7.05. The van der Waals surface area contributed by atoms with Gasteiger partial charge in [0.2, 0.25) is 0 Å². The first-order valence-corrected chi connectivity index (χ1v) is 22.9. The van der Waals surface area contributed by atoms with Gasteiger partial charge in [0.15, 0.2) is 0 Å². The number of hydrogen-bond acceptors (Lipinski definition) is 1. The molecule has 0 N–H and O–H groups in total. The first-order valence-electron chi connectivity index (χ1n) is 21.8. The minimum absolute atomic E-state index is 0.577. The summed E-state index contributed by atoms with van der Waals surface area (Å²) >= 11 is 3.69. The van der Waals surface area contributed by atoms with Gasteiger partial charge in [-0.25, -0.2) is 0 Å². The molecule has 11 rings (SSSR count). The highest BCUT2D eigenvalue weighted by atomic mass is 79.9. The summed E-state index contributed by atoms with van der Waals surface area (Å²) in [7, 11) is 0. The standard InChI is InChI=1S/C61H43BrO/c62-33-14-34-63-61-59(49-37-45(55-27-9-19-41-15-1-5-23-51(41)55)35-46(38-49)56-28-10-20-42-16-2-6-24-52(42)56)31-13-32-60(61)50-39-47(57-29-11-21-43-17-3-7-25-53(43)57)36-48(40-50)58-30-12-22-44-18-4-8-26-54(44)58/h1-13,15-32,35-40H,14,33-34H2. The van der Waals surface area contributed by atoms with Gasteiger partial charge in [0, 0.05) is 16.5 Å². The van der Waals surface area contributed by atoms with Crippen LogP contribution in [-0.4, -0.2) is 11.9 Å². The van der Waals surface area contributed by atoms with Gasteiger partial charge in [0.05, 0.1) is 6.61 Å². The van der Waals surface area contributed by atoms with Gasteiger partial charge < -0.3 is 4.74 Å². The lowest BCUT2D eigenvalue weighted by molar-refractivity contribution is 0.321. The molecule has 11 aromatic rings. The molecule has 0 saturated heterocycles. The van der Waals surface area contributed by atoms with Gasteiger partial charge in [-0.15, -0.1) is 0 Å². The van der Waals surface area contributed by atoms with Crippen LogP contribution in [0.1, 0.15) is 6.42 Å². The van der Waals surface area contributed by atoms with Gasteiger partial charge in [-0.1, -0.05) is 204 Å². The van der Waals surface area contributed by atoms with Crippen molar-refractivity contribution in [1.29, 1.82) is 0 Å². The van der Waals surface area contributed by atoms with Crippen LogP contribution in [0, 0.1) is 0 Å². The summed E-state index contributed by atoms with van der Waals surface area (Å²) in [5.41, 5.74) is 13.8. The Bertz CT molecular complexity index is 3050. The zero-order valence-electron chi connectivity index (χ0n) is 34.8. The van der Waals surface area contributed by atoms with Crippen molar-refractivity contribution in [2.45, 2.75) is 6.42 Å². The average molecular weight is 872 g/mol. The zero-order valence-corrected chi connectivity index (χ0v) is 36.4. The second-order valence-electron chi connectivity index (χ2n) is 16.3. The summed E-state index contributed by atoms with van der Waals surface area (Å²) in [5.74, 6) is 0.885. The van der Waals surface area contributed by atoms with Crippen molar-refractivity contribution in [3.05, 3.63) is 224 Å². The molecule has 11 aromatic carbocycles. The Morgan fingerprint density at radius 1 is 0.286 bits per heavy atom. The van der Waals surface area contributed by atoms with E-state index >= 15 is 0 Å². The molecular formula is C61H43BrO. The number of benzene rings is 11. The Hall–Kier alpha value is -7.26. The molecule has 0 spiro atoms. The van der Waals surface area contributed by atoms with Gasteiger partial charge in [-0.05, 0) is 142 Å². The van der Waals surface area contributed by atoms with Crippen molar-refractivity contribution >= 4 is 59.0 Å². The van der Waals surface area contributed by atoms with E-state index < -0.39 is 0 Å². The number of rotatable bonds is 10. The van der Waals surface area contributed by atoms with E-state index in [1.165, 1.54) is 87.6 Å². The summed E-state index contributed by atoms with van der Waals surface area (Å²) in [4.78, 5) is 0. The fourth-order valence-electron chi connectivity index (χ4n) is 9.47. The third kappa shape index (κ3) is 7.37. The zero-order chi connectivity index (χ0) is 42.1. The minimum atomic E-state index is 0.577. The molecule has 0 aliphatic heterocycles. The van der Waals surface area contributed by atoms with Crippen LogP contribution in [0.4, 0.5) is 0 Å². The summed E-state index contributed by atoms with van der Waals surface area (Å²) in [5, 5.41) is 10.7. The Kier molecular flexibility index (Phi) is 10.4. The molecule has 0 amide bonds. The van der Waals surface area contributed by atoms with Crippen LogP contribution in [0.5, 0.6) is 5.75 Å². The van der Waals surface area contributed by atoms with E-state index in [1.54, 1.807) is 0 Å². The molecular weight excluding hydrogens is 829 g/mol. The Morgan fingerprint density at radius 2 is 0.540 bits per heavy atom. The van der Waals surface area contributed by atoms with Gasteiger partial charge >= 0.3 is 0 Å². The molecule has 300 valence electrons. The van der Waals surface area contributed by atoms with Gasteiger partial charge in [0.1, 0.15) is 5.75 Å². The van der Waals surface area contributed by atoms with Gasteiger partial charge in [-0.2, -0.15) is 0 Å². The number of alkyl halides is 1. The third-order valence-electron chi connectivity index (χ3n) is 12.4. The first kappa shape index (κ1) is 38.6. The summed E-state index contributed by atoms with van der Waals surface area (Å²) in [6.07, 6.45) is 0.877. The molecule has 0 radical (unpaired) electrons. The highest BCUT2D eigenvalue weighted by Crippen LogP contribution is 2.46. The summed E-state index contributed by atoms with van der Waals surface area (Å²) < 4.78 is 7.05. The molecule has 0 fully saturated rings. The Morgan fingerprint density at radius 3 is 0.857 bits per heavy atom. The number of hydrogen-bond donors (Lipinski definition) is 0. The van der Waals surface area contributed by atoms with E-state index in [9.17, 15) is 0 Å². The Labute approximate surface area is 377 Å². The van der Waals surface area contributed by atoms with E-state index in [4.69, 9.17) is 4.74 Å². The third-order valence-corrected chi connectivity index (χ3v) is 13.0. The van der Waals surface area contributed by atoms with Crippen molar-refractivity contribution in [3.63, 3.8) is 0 Å². The van der Waals surface area contributed by atoms with Gasteiger partial charge in [0.25, 0.3) is 0 Å². The van der Waals surface area contributed by atoms with Crippen LogP contribution in [0.15, 0.2) is 224 Å². The smallest absolute Gasteiger partial charge is 0.134 e. The molecule has 63 heavy (non-hydrogen) atoms. The molecule has 2 heteroatoms. The largest absolute Gasteiger partial charge is 0.492 e. The topological polar surface area (TPSA) is 9.23 Å². The summed E-state index contributed by atoms with van der Waals surface area (Å²) in [6.45, 7) is 0.577. The molecule has 0 atom stereocenters. The fourth-order valence-corrected chi connectivity index (χ4v) is 9.70. The molecule has 0 aliphatic rings. The maximum atomic E-state index is 7.05. The van der Waals surface area contributed by atoms with Crippen LogP contribution < -0.4 is 4.74 Å². The SMILES string of the molecule is BrCCCOc1c(-c2cc(-c3cccc4ccccc34)cc(-c3cccc4ccccc34)c2)cccc1-c1cc(-c2cccc3ccccc23)cc(-c2cccc3ccccc23)c1. The van der Waals surface area contributed by atoms with Crippen molar-refractivity contribution in [2.24, 2.45) is 0 Å². The molecule has 0 unspecified atom stereocenters. The van der Waals surface area contributed by atoms with Crippen molar-refractivity contribution in [3.8, 4) is 72.5 Å². The van der Waals surface area contributed by atoms with E-state index in [1.807, 2.05) is 0 Å². The minimum Gasteiger partial charge on any atom is -0.492 e. The van der Waals surface area contributed by atoms with E-state index in [2.05, 4.69) is 240 Å². The summed E-state index contributed by atoms with van der Waals surface area (Å²) in [6, 6.07) is 82.2. The maximum Gasteiger partial charge on any atom is 0.134 e. The van der Waals surface area contributed by atoms with Crippen LogP contribution in [0.2, 0.25) is 0 Å². The predicted octanol–water partition coefficient (Wildman–Crippen LogP) is 17.5. The van der Waals surface area contributed by atoms with Crippen molar-refractivity contribution < 1.29 is 4.74 Å². The second-order valence-corrected chi connectivity index (χ2v) is 17.1. The highest BCUT2D eigenvalue weighted by Gasteiger charge is 2.20. The highest BCUT2D eigenvalue weighted by molar-refractivity contribution is 9.09. The van der Waals surface area contributed by atoms with E-state index in [-0.39, 0.29) is 0 Å². The lowest BCUT2D eigenvalue weighted by atomic mass is 9.87. The van der Waals surface area contributed by atoms with Crippen LogP contribution in [0.25, 0.3) is 110 Å². The quantitative estimate of drug-likeness (QED) is 0.0983. The van der Waals surface area contributed by atoms with Crippen molar-refractivity contribution in [2.75, 3.05) is 11.9 Å². The van der Waals surface area contributed by atoms with Crippen LogP contribution >= 0.6 is 15.9 Å². The molecule has 0 heterocycles. The normalized spacial score (nSPS) is 11.4. The molecule has 1 nitrogen and oxygen atoms in total. The number of halogens is 1. The lowest BCUT2D eigenvalue weighted by Crippen LogP contribution is -2.02. The van der Waals surface area contributed by atoms with E-state index in [0.29, 0.717) is 6.61 Å². The van der Waals surface area contributed by atoms with Crippen LogP contribution in [-0.2, 0) is 0 Å². The molecule has 0 bridgehead atoms. The number of para-hydroxylation sites is 1. The Balaban J connectivity index is 1.17. The second kappa shape index (κ2) is 16.9. The van der Waals surface area contributed by atoms with Crippen LogP contribution in [0.3, 0.4) is 0 Å². The average Bonchev–Trinajstić information content (AvgIpc) is 3.35. The molecule has 0 aliphatic carbocycles. The predicted molar refractivity (Wildman–Crippen MR) is 273 cm³/mol. The number of ether oxygens (including phenoxy) is 1. The lowest BCUT2D eigenvalue weighted by Gasteiger charge is -2.20. The van der Waals surface area contributed by atoms with Gasteiger partial charge in [-0.3, -0.25) is 0 Å². The molecule has 0 saturated carbocycles.